The number of nitrogens with zero attached hydrogens (tertiary/aromatic N) is 1. The zero-order valence-corrected chi connectivity index (χ0v) is 11.1. The van der Waals surface area contributed by atoms with Gasteiger partial charge in [-0.25, -0.2) is 4.79 Å². The molecule has 0 bridgehead atoms. The molecule has 18 heavy (non-hydrogen) atoms. The van der Waals surface area contributed by atoms with E-state index in [0.29, 0.717) is 6.42 Å². The van der Waals surface area contributed by atoms with Gasteiger partial charge in [0.2, 0.25) is 0 Å². The Hall–Kier alpha value is -1.85. The molecule has 6 nitrogen and oxygen atoms in total. The minimum atomic E-state index is -1.03. The fourth-order valence-corrected chi connectivity index (χ4v) is 1.60. The van der Waals surface area contributed by atoms with Gasteiger partial charge in [-0.05, 0) is 19.8 Å². The first-order valence-corrected chi connectivity index (χ1v) is 5.93. The summed E-state index contributed by atoms with van der Waals surface area (Å²) in [6.45, 7) is 7.26. The number of aryl methyl sites for hydroxylation is 1. The molecule has 0 aliphatic carbocycles. The highest BCUT2D eigenvalue weighted by Crippen LogP contribution is 2.11. The molecule has 100 valence electrons. The number of aromatic nitrogens is 2. The van der Waals surface area contributed by atoms with Crippen molar-refractivity contribution in [2.24, 2.45) is 5.92 Å². The van der Waals surface area contributed by atoms with Crippen molar-refractivity contribution < 1.29 is 14.7 Å². The molecule has 0 fully saturated rings. The van der Waals surface area contributed by atoms with Gasteiger partial charge in [0.15, 0.2) is 5.69 Å². The first-order chi connectivity index (χ1) is 8.38. The van der Waals surface area contributed by atoms with Crippen LogP contribution in [0.3, 0.4) is 0 Å². The largest absolute Gasteiger partial charge is 0.480 e. The Labute approximate surface area is 106 Å². The summed E-state index contributed by atoms with van der Waals surface area (Å²) in [6.07, 6.45) is 0.676. The van der Waals surface area contributed by atoms with Crippen LogP contribution >= 0.6 is 0 Å². The van der Waals surface area contributed by atoms with Crippen molar-refractivity contribution in [1.29, 1.82) is 0 Å². The number of aliphatic carboxylic acids is 1. The summed E-state index contributed by atoms with van der Waals surface area (Å²) in [7, 11) is 0. The molecule has 3 N–H and O–H groups in total. The van der Waals surface area contributed by atoms with Crippen LogP contribution in [0.1, 0.15) is 42.0 Å². The van der Waals surface area contributed by atoms with Gasteiger partial charge >= 0.3 is 5.97 Å². The van der Waals surface area contributed by atoms with Gasteiger partial charge in [0, 0.05) is 11.3 Å². The fraction of sp³-hybridized carbons (Fsp3) is 0.583. The second-order valence-corrected chi connectivity index (χ2v) is 4.50. The van der Waals surface area contributed by atoms with E-state index >= 15 is 0 Å². The number of aromatic amines is 1. The SMILES string of the molecule is CC[C@H](C)[C@H](NC(=O)c1n[nH]c(C)c1C)C(=O)O. The van der Waals surface area contributed by atoms with Crippen LogP contribution in [0.15, 0.2) is 0 Å². The highest BCUT2D eigenvalue weighted by Gasteiger charge is 2.27. The van der Waals surface area contributed by atoms with E-state index in [1.807, 2.05) is 13.8 Å². The minimum absolute atomic E-state index is 0.133. The summed E-state index contributed by atoms with van der Waals surface area (Å²) < 4.78 is 0. The molecular formula is C12H19N3O3. The van der Waals surface area contributed by atoms with Crippen molar-refractivity contribution in [1.82, 2.24) is 15.5 Å². The van der Waals surface area contributed by atoms with Gasteiger partial charge in [0.1, 0.15) is 6.04 Å². The molecule has 0 saturated carbocycles. The molecule has 6 heteroatoms. The third kappa shape index (κ3) is 2.88. The van der Waals surface area contributed by atoms with Crippen LogP contribution in [0, 0.1) is 19.8 Å². The predicted octanol–water partition coefficient (Wildman–Crippen LogP) is 1.26. The Morgan fingerprint density at radius 1 is 1.44 bits per heavy atom. The zero-order chi connectivity index (χ0) is 13.9. The second kappa shape index (κ2) is 5.66. The molecule has 1 amide bonds. The maximum Gasteiger partial charge on any atom is 0.326 e. The lowest BCUT2D eigenvalue weighted by Gasteiger charge is -2.19. The third-order valence-corrected chi connectivity index (χ3v) is 3.23. The van der Waals surface area contributed by atoms with Gasteiger partial charge in [-0.1, -0.05) is 20.3 Å². The smallest absolute Gasteiger partial charge is 0.326 e. The van der Waals surface area contributed by atoms with E-state index in [9.17, 15) is 9.59 Å². The Morgan fingerprint density at radius 2 is 2.06 bits per heavy atom. The van der Waals surface area contributed by atoms with E-state index in [4.69, 9.17) is 5.11 Å². The molecule has 0 spiro atoms. The van der Waals surface area contributed by atoms with Gasteiger partial charge in [-0.15, -0.1) is 0 Å². The summed E-state index contributed by atoms with van der Waals surface area (Å²) in [5.41, 5.74) is 1.79. The quantitative estimate of drug-likeness (QED) is 0.736. The molecular weight excluding hydrogens is 234 g/mol. The molecule has 0 aromatic carbocycles. The maximum absolute atomic E-state index is 12.0. The van der Waals surface area contributed by atoms with E-state index < -0.39 is 17.9 Å². The fourth-order valence-electron chi connectivity index (χ4n) is 1.60. The molecule has 0 unspecified atom stereocenters. The number of H-pyrrole nitrogens is 1. The van der Waals surface area contributed by atoms with Gasteiger partial charge in [0.25, 0.3) is 5.91 Å². The van der Waals surface area contributed by atoms with E-state index in [-0.39, 0.29) is 11.6 Å². The van der Waals surface area contributed by atoms with Crippen molar-refractivity contribution in [3.8, 4) is 0 Å². The number of carbonyl (C=O) groups is 2. The third-order valence-electron chi connectivity index (χ3n) is 3.23. The summed E-state index contributed by atoms with van der Waals surface area (Å²) in [6, 6.07) is -0.890. The molecule has 1 aromatic heterocycles. The number of amides is 1. The molecule has 0 aliphatic heterocycles. The molecule has 0 saturated heterocycles. The monoisotopic (exact) mass is 253 g/mol. The number of carboxylic acid groups (broad SMARTS) is 1. The first-order valence-electron chi connectivity index (χ1n) is 5.93. The average molecular weight is 253 g/mol. The lowest BCUT2D eigenvalue weighted by Crippen LogP contribution is -2.45. The van der Waals surface area contributed by atoms with Crippen molar-refractivity contribution in [2.45, 2.75) is 40.2 Å². The van der Waals surface area contributed by atoms with Crippen LogP contribution in [-0.2, 0) is 4.79 Å². The number of hydrogen-bond donors (Lipinski definition) is 3. The van der Waals surface area contributed by atoms with Gasteiger partial charge in [-0.3, -0.25) is 9.89 Å². The van der Waals surface area contributed by atoms with Crippen molar-refractivity contribution >= 4 is 11.9 Å². The van der Waals surface area contributed by atoms with Crippen molar-refractivity contribution in [2.75, 3.05) is 0 Å². The lowest BCUT2D eigenvalue weighted by atomic mass is 9.99. The van der Waals surface area contributed by atoms with Gasteiger partial charge in [-0.2, -0.15) is 5.10 Å². The maximum atomic E-state index is 12.0. The first kappa shape index (κ1) is 14.2. The van der Waals surface area contributed by atoms with E-state index in [2.05, 4.69) is 15.5 Å². The highest BCUT2D eigenvalue weighted by molar-refractivity contribution is 5.96. The normalized spacial score (nSPS) is 14.0. The van der Waals surface area contributed by atoms with E-state index in [0.717, 1.165) is 11.3 Å². The number of carboxylic acids is 1. The van der Waals surface area contributed by atoms with Gasteiger partial charge < -0.3 is 10.4 Å². The predicted molar refractivity (Wildman–Crippen MR) is 66.4 cm³/mol. The van der Waals surface area contributed by atoms with Crippen molar-refractivity contribution in [3.63, 3.8) is 0 Å². The Bertz CT molecular complexity index is 453. The average Bonchev–Trinajstić information content (AvgIpc) is 2.65. The molecule has 0 radical (unpaired) electrons. The molecule has 1 rings (SSSR count). The standard InChI is InChI=1S/C12H19N3O3/c1-5-6(2)9(12(17)18)13-11(16)10-7(3)8(4)14-15-10/h6,9H,5H2,1-4H3,(H,13,16)(H,14,15)(H,17,18)/t6-,9-/m0/s1. The highest BCUT2D eigenvalue weighted by atomic mass is 16.4. The topological polar surface area (TPSA) is 95.1 Å². The summed E-state index contributed by atoms with van der Waals surface area (Å²) >= 11 is 0. The van der Waals surface area contributed by atoms with Crippen molar-refractivity contribution in [3.05, 3.63) is 17.0 Å². The molecule has 0 aliphatic rings. The summed E-state index contributed by atoms with van der Waals surface area (Å²) in [5, 5.41) is 18.2. The molecule has 1 heterocycles. The Balaban J connectivity index is 2.85. The van der Waals surface area contributed by atoms with Crippen LogP contribution in [-0.4, -0.2) is 33.2 Å². The lowest BCUT2D eigenvalue weighted by molar-refractivity contribution is -0.140. The summed E-state index contributed by atoms with van der Waals surface area (Å²) in [4.78, 5) is 23.1. The Kier molecular flexibility index (Phi) is 4.47. The van der Waals surface area contributed by atoms with Crippen LogP contribution in [0.5, 0.6) is 0 Å². The van der Waals surface area contributed by atoms with E-state index in [1.165, 1.54) is 0 Å². The number of rotatable bonds is 5. The van der Waals surface area contributed by atoms with Crippen LogP contribution in [0.25, 0.3) is 0 Å². The number of hydrogen-bond acceptors (Lipinski definition) is 3. The van der Waals surface area contributed by atoms with Crippen LogP contribution < -0.4 is 5.32 Å². The van der Waals surface area contributed by atoms with Crippen LogP contribution in [0.4, 0.5) is 0 Å². The Morgan fingerprint density at radius 3 is 2.44 bits per heavy atom. The van der Waals surface area contributed by atoms with E-state index in [1.54, 1.807) is 13.8 Å². The number of carbonyl (C=O) groups excluding carboxylic acids is 1. The second-order valence-electron chi connectivity index (χ2n) is 4.50. The van der Waals surface area contributed by atoms with Gasteiger partial charge in [0.05, 0.1) is 0 Å². The molecule has 2 atom stereocenters. The molecule has 1 aromatic rings. The zero-order valence-electron chi connectivity index (χ0n) is 11.1. The minimum Gasteiger partial charge on any atom is -0.480 e. The number of nitrogens with one attached hydrogen (secondary N) is 2. The summed E-state index contributed by atoms with van der Waals surface area (Å²) in [5.74, 6) is -1.61. The van der Waals surface area contributed by atoms with Crippen LogP contribution in [0.2, 0.25) is 0 Å².